The minimum Gasteiger partial charge on any atom is -0.300 e. The summed E-state index contributed by atoms with van der Waals surface area (Å²) in [4.78, 5) is 10.8. The predicted octanol–water partition coefficient (Wildman–Crippen LogP) is 5.62. The van der Waals surface area contributed by atoms with Crippen LogP contribution in [0.2, 0.25) is 0 Å². The fourth-order valence-electron chi connectivity index (χ4n) is 1.51. The van der Waals surface area contributed by atoms with E-state index in [-0.39, 0.29) is 0 Å². The maximum Gasteiger partial charge on any atom is 0.132 e. The molecule has 1 fully saturated rings. The van der Waals surface area contributed by atoms with Gasteiger partial charge >= 0.3 is 0 Å². The number of carbonyl (C=O) groups is 1. The highest BCUT2D eigenvalue weighted by molar-refractivity contribution is 5.78. The van der Waals surface area contributed by atoms with Gasteiger partial charge in [-0.2, -0.15) is 0 Å². The van der Waals surface area contributed by atoms with Gasteiger partial charge in [0.1, 0.15) is 5.78 Å². The van der Waals surface area contributed by atoms with Gasteiger partial charge in [-0.25, -0.2) is 0 Å². The van der Waals surface area contributed by atoms with Crippen LogP contribution in [0.5, 0.6) is 0 Å². The van der Waals surface area contributed by atoms with Crippen molar-refractivity contribution < 1.29 is 4.79 Å². The average Bonchev–Trinajstić information content (AvgIpc) is 2.36. The van der Waals surface area contributed by atoms with Crippen molar-refractivity contribution in [1.82, 2.24) is 0 Å². The smallest absolute Gasteiger partial charge is 0.132 e. The first-order valence-corrected chi connectivity index (χ1v) is 7.22. The van der Waals surface area contributed by atoms with Crippen molar-refractivity contribution in [1.29, 1.82) is 0 Å². The third-order valence-corrected chi connectivity index (χ3v) is 2.18. The van der Waals surface area contributed by atoms with Gasteiger partial charge in [0.2, 0.25) is 0 Å². The molecule has 1 aliphatic carbocycles. The average molecular weight is 230 g/mol. The fourth-order valence-corrected chi connectivity index (χ4v) is 1.51. The van der Waals surface area contributed by atoms with Gasteiger partial charge in [0, 0.05) is 5.92 Å². The Morgan fingerprint density at radius 1 is 0.938 bits per heavy atom. The Bertz CT molecular complexity index is 113. The van der Waals surface area contributed by atoms with Crippen molar-refractivity contribution in [2.75, 3.05) is 0 Å². The van der Waals surface area contributed by atoms with Crippen molar-refractivity contribution in [3.63, 3.8) is 0 Å². The van der Waals surface area contributed by atoms with Crippen LogP contribution in [0.15, 0.2) is 0 Å². The van der Waals surface area contributed by atoms with Crippen LogP contribution in [0.1, 0.15) is 87.0 Å². The van der Waals surface area contributed by atoms with Crippen molar-refractivity contribution in [2.45, 2.75) is 87.0 Å². The molecule has 0 aromatic carbocycles. The van der Waals surface area contributed by atoms with E-state index < -0.39 is 0 Å². The number of rotatable bonds is 1. The van der Waals surface area contributed by atoms with Crippen LogP contribution in [0.25, 0.3) is 0 Å². The van der Waals surface area contributed by atoms with Gasteiger partial charge in [-0.15, -0.1) is 0 Å². The van der Waals surface area contributed by atoms with Crippen LogP contribution in [-0.4, -0.2) is 5.78 Å². The lowest BCUT2D eigenvalue weighted by atomic mass is 9.87. The minimum absolute atomic E-state index is 0.398. The molecule has 0 radical (unpaired) electrons. The van der Waals surface area contributed by atoms with Gasteiger partial charge in [-0.1, -0.05) is 67.2 Å². The Labute approximate surface area is 104 Å². The summed E-state index contributed by atoms with van der Waals surface area (Å²) in [5.41, 5.74) is 0. The Kier molecular flexibility index (Phi) is 26.4. The Morgan fingerprint density at radius 2 is 1.25 bits per heavy atom. The second-order valence-electron chi connectivity index (χ2n) is 3.65. The first kappa shape index (κ1) is 21.0. The molecular formula is C15H34O. The van der Waals surface area contributed by atoms with E-state index in [1.807, 2.05) is 27.7 Å². The van der Waals surface area contributed by atoms with E-state index in [1.165, 1.54) is 25.7 Å². The summed E-state index contributed by atoms with van der Waals surface area (Å²) in [5.74, 6) is 0.813. The first-order chi connectivity index (χ1) is 7.72. The largest absolute Gasteiger partial charge is 0.300 e. The van der Waals surface area contributed by atoms with E-state index in [4.69, 9.17) is 0 Å². The summed E-state index contributed by atoms with van der Waals surface area (Å²) >= 11 is 0. The summed E-state index contributed by atoms with van der Waals surface area (Å²) in [7, 11) is 0. The van der Waals surface area contributed by atoms with Gasteiger partial charge < -0.3 is 0 Å². The highest BCUT2D eigenvalue weighted by Crippen LogP contribution is 2.23. The molecule has 0 bridgehead atoms. The molecule has 1 nitrogen and oxygen atoms in total. The van der Waals surface area contributed by atoms with Crippen LogP contribution in [-0.2, 0) is 4.79 Å². The Morgan fingerprint density at radius 3 is 1.44 bits per heavy atom. The van der Waals surface area contributed by atoms with Gasteiger partial charge in [0.25, 0.3) is 0 Å². The van der Waals surface area contributed by atoms with Crippen molar-refractivity contribution in [3.05, 3.63) is 0 Å². The minimum atomic E-state index is 0.398. The molecule has 1 saturated carbocycles. The molecule has 0 amide bonds. The van der Waals surface area contributed by atoms with Crippen molar-refractivity contribution in [2.24, 2.45) is 5.92 Å². The topological polar surface area (TPSA) is 17.1 Å². The Balaban J connectivity index is -0.000000206. The van der Waals surface area contributed by atoms with Crippen LogP contribution in [0.4, 0.5) is 0 Å². The van der Waals surface area contributed by atoms with Crippen LogP contribution < -0.4 is 0 Å². The van der Waals surface area contributed by atoms with E-state index >= 15 is 0 Å². The summed E-state index contributed by atoms with van der Waals surface area (Å²) in [6.07, 6.45) is 7.42. The molecule has 0 heterocycles. The summed E-state index contributed by atoms with van der Waals surface area (Å²) in [6.45, 7) is 14.0. The lowest BCUT2D eigenvalue weighted by Crippen LogP contribution is -2.13. The van der Waals surface area contributed by atoms with Gasteiger partial charge in [0.05, 0.1) is 0 Å². The lowest BCUT2D eigenvalue weighted by Gasteiger charge is -2.17. The molecule has 1 aliphatic rings. The zero-order chi connectivity index (χ0) is 13.4. The number of ketones is 1. The summed E-state index contributed by atoms with van der Waals surface area (Å²) < 4.78 is 0. The molecule has 0 N–H and O–H groups in total. The van der Waals surface area contributed by atoms with Crippen molar-refractivity contribution >= 4 is 5.78 Å². The maximum atomic E-state index is 10.8. The van der Waals surface area contributed by atoms with Gasteiger partial charge in [-0.05, 0) is 19.8 Å². The van der Waals surface area contributed by atoms with E-state index in [1.54, 1.807) is 6.92 Å². The van der Waals surface area contributed by atoms with Crippen molar-refractivity contribution in [3.8, 4) is 0 Å². The molecule has 100 valence electrons. The summed E-state index contributed by atoms with van der Waals surface area (Å²) in [6, 6.07) is 0. The third kappa shape index (κ3) is 16.1. The highest BCUT2D eigenvalue weighted by Gasteiger charge is 2.16. The van der Waals surface area contributed by atoms with E-state index in [2.05, 4.69) is 13.8 Å². The number of Topliss-reactive ketones (excluding diaryl/α,β-unsaturated/α-hetero) is 1. The van der Waals surface area contributed by atoms with E-state index in [0.29, 0.717) is 11.7 Å². The zero-order valence-electron chi connectivity index (χ0n) is 12.7. The number of hydrogen-bond donors (Lipinski definition) is 0. The number of carbonyl (C=O) groups excluding carboxylic acids is 1. The third-order valence-electron chi connectivity index (χ3n) is 2.18. The van der Waals surface area contributed by atoms with E-state index in [0.717, 1.165) is 12.8 Å². The van der Waals surface area contributed by atoms with Gasteiger partial charge in [0.15, 0.2) is 0 Å². The second kappa shape index (κ2) is 20.1. The monoisotopic (exact) mass is 230 g/mol. The molecule has 0 aromatic rings. The molecule has 1 heteroatoms. The molecule has 0 saturated heterocycles. The second-order valence-corrected chi connectivity index (χ2v) is 3.65. The molecule has 0 atom stereocenters. The molecular weight excluding hydrogens is 196 g/mol. The highest BCUT2D eigenvalue weighted by atomic mass is 16.1. The first-order valence-electron chi connectivity index (χ1n) is 7.22. The van der Waals surface area contributed by atoms with E-state index in [9.17, 15) is 4.79 Å². The van der Waals surface area contributed by atoms with Gasteiger partial charge in [-0.3, -0.25) is 4.79 Å². The lowest BCUT2D eigenvalue weighted by molar-refractivity contribution is -0.121. The molecule has 1 rings (SSSR count). The molecule has 0 aromatic heterocycles. The summed E-state index contributed by atoms with van der Waals surface area (Å²) in [5, 5.41) is 0. The zero-order valence-corrected chi connectivity index (χ0v) is 12.7. The van der Waals surface area contributed by atoms with Crippen LogP contribution >= 0.6 is 0 Å². The maximum absolute atomic E-state index is 10.8. The fraction of sp³-hybridized carbons (Fsp3) is 0.933. The predicted molar refractivity (Wildman–Crippen MR) is 75.9 cm³/mol. The number of hydrogen-bond acceptors (Lipinski definition) is 1. The SMILES string of the molecule is CC.CC.CC(=O)C1CCCCC1.CCC. The quantitative estimate of drug-likeness (QED) is 0.571. The molecule has 0 spiro atoms. The normalized spacial score (nSPS) is 14.2. The van der Waals surface area contributed by atoms with Crippen LogP contribution in [0, 0.1) is 5.92 Å². The van der Waals surface area contributed by atoms with Crippen LogP contribution in [0.3, 0.4) is 0 Å². The molecule has 0 unspecified atom stereocenters. The molecule has 16 heavy (non-hydrogen) atoms. The standard InChI is InChI=1S/C8H14O.C3H8.2C2H6/c1-7(9)8-5-3-2-4-6-8;1-3-2;2*1-2/h8H,2-6H2,1H3;3H2,1-2H3;2*1-2H3. The Hall–Kier alpha value is -0.330. The molecule has 0 aliphatic heterocycles.